The molecule has 2 aromatic carbocycles. The van der Waals surface area contributed by atoms with E-state index in [1.165, 1.54) is 6.07 Å². The molecule has 2 aromatic rings. The van der Waals surface area contributed by atoms with Gasteiger partial charge in [0.1, 0.15) is 11.5 Å². The quantitative estimate of drug-likeness (QED) is 0.789. The van der Waals surface area contributed by atoms with E-state index >= 15 is 0 Å². The van der Waals surface area contributed by atoms with Crippen LogP contribution in [0.3, 0.4) is 0 Å². The van der Waals surface area contributed by atoms with Gasteiger partial charge in [0.15, 0.2) is 0 Å². The second kappa shape index (κ2) is 5.68. The zero-order chi connectivity index (χ0) is 15.6. The first kappa shape index (κ1) is 15.2. The molecule has 2 N–H and O–H groups in total. The van der Waals surface area contributed by atoms with Gasteiger partial charge in [0.2, 0.25) is 0 Å². The van der Waals surface area contributed by atoms with Gasteiger partial charge in [-0.2, -0.15) is 13.2 Å². The highest BCUT2D eigenvalue weighted by Crippen LogP contribution is 2.36. The Morgan fingerprint density at radius 2 is 1.71 bits per heavy atom. The molecule has 0 aromatic heterocycles. The summed E-state index contributed by atoms with van der Waals surface area (Å²) in [5, 5.41) is 0. The number of hydrogen-bond acceptors (Lipinski definition) is 2. The summed E-state index contributed by atoms with van der Waals surface area (Å²) in [5.74, 6) is 0.811. The van der Waals surface area contributed by atoms with Crippen LogP contribution in [0.1, 0.15) is 30.9 Å². The van der Waals surface area contributed by atoms with Crippen LogP contribution in [0, 0.1) is 0 Å². The standard InChI is InChI=1S/C16H16F3NO/c1-10(2)14-5-3-4-6-15(14)21-13-8-11(16(17,18)19)7-12(20)9-13/h3-10H,20H2,1-2H3. The maximum atomic E-state index is 12.8. The van der Waals surface area contributed by atoms with Gasteiger partial charge < -0.3 is 10.5 Å². The number of benzene rings is 2. The van der Waals surface area contributed by atoms with Gasteiger partial charge in [0, 0.05) is 11.8 Å². The van der Waals surface area contributed by atoms with Gasteiger partial charge in [-0.15, -0.1) is 0 Å². The molecule has 0 spiro atoms. The zero-order valence-corrected chi connectivity index (χ0v) is 11.7. The molecule has 2 nitrogen and oxygen atoms in total. The van der Waals surface area contributed by atoms with E-state index in [1.807, 2.05) is 26.0 Å². The van der Waals surface area contributed by atoms with E-state index in [0.717, 1.165) is 17.7 Å². The first-order valence-electron chi connectivity index (χ1n) is 6.52. The number of para-hydroxylation sites is 1. The fraction of sp³-hybridized carbons (Fsp3) is 0.250. The second-order valence-corrected chi connectivity index (χ2v) is 5.08. The Bertz CT molecular complexity index is 636. The molecule has 0 aliphatic carbocycles. The van der Waals surface area contributed by atoms with Gasteiger partial charge >= 0.3 is 6.18 Å². The van der Waals surface area contributed by atoms with Gasteiger partial charge in [-0.05, 0) is 29.7 Å². The third-order valence-electron chi connectivity index (χ3n) is 3.03. The van der Waals surface area contributed by atoms with E-state index < -0.39 is 11.7 Å². The summed E-state index contributed by atoms with van der Waals surface area (Å²) >= 11 is 0. The summed E-state index contributed by atoms with van der Waals surface area (Å²) in [6.45, 7) is 3.98. The van der Waals surface area contributed by atoms with Crippen LogP contribution in [0.2, 0.25) is 0 Å². The van der Waals surface area contributed by atoms with Crippen molar-refractivity contribution in [2.75, 3.05) is 5.73 Å². The number of halogens is 3. The first-order chi connectivity index (χ1) is 9.77. The molecule has 0 aliphatic rings. The minimum absolute atomic E-state index is 0.0156. The Kier molecular flexibility index (Phi) is 4.11. The highest BCUT2D eigenvalue weighted by Gasteiger charge is 2.31. The van der Waals surface area contributed by atoms with E-state index in [0.29, 0.717) is 5.75 Å². The molecule has 112 valence electrons. The van der Waals surface area contributed by atoms with E-state index in [-0.39, 0.29) is 17.4 Å². The van der Waals surface area contributed by atoms with Crippen LogP contribution >= 0.6 is 0 Å². The Hall–Kier alpha value is -2.17. The lowest BCUT2D eigenvalue weighted by Gasteiger charge is -2.15. The summed E-state index contributed by atoms with van der Waals surface area (Å²) in [6, 6.07) is 10.5. The average molecular weight is 295 g/mol. The molecular formula is C16H16F3NO. The molecule has 0 heterocycles. The minimum atomic E-state index is -4.45. The third kappa shape index (κ3) is 3.68. The molecule has 0 radical (unpaired) electrons. The van der Waals surface area contributed by atoms with Crippen molar-refractivity contribution < 1.29 is 17.9 Å². The van der Waals surface area contributed by atoms with Gasteiger partial charge in [-0.3, -0.25) is 0 Å². The van der Waals surface area contributed by atoms with E-state index in [1.54, 1.807) is 12.1 Å². The molecule has 0 atom stereocenters. The first-order valence-corrected chi connectivity index (χ1v) is 6.52. The molecule has 0 unspecified atom stereocenters. The van der Waals surface area contributed by atoms with Crippen molar-refractivity contribution in [1.29, 1.82) is 0 Å². The van der Waals surface area contributed by atoms with E-state index in [4.69, 9.17) is 10.5 Å². The lowest BCUT2D eigenvalue weighted by atomic mass is 10.0. The normalized spacial score (nSPS) is 11.7. The molecule has 0 fully saturated rings. The van der Waals surface area contributed by atoms with E-state index in [9.17, 15) is 13.2 Å². The van der Waals surface area contributed by atoms with Crippen molar-refractivity contribution in [3.8, 4) is 11.5 Å². The zero-order valence-electron chi connectivity index (χ0n) is 11.7. The van der Waals surface area contributed by atoms with Crippen LogP contribution in [0.15, 0.2) is 42.5 Å². The highest BCUT2D eigenvalue weighted by molar-refractivity contribution is 5.50. The SMILES string of the molecule is CC(C)c1ccccc1Oc1cc(N)cc(C(F)(F)F)c1. The molecule has 0 bridgehead atoms. The van der Waals surface area contributed by atoms with Gasteiger partial charge in [0.05, 0.1) is 5.56 Å². The second-order valence-electron chi connectivity index (χ2n) is 5.08. The fourth-order valence-corrected chi connectivity index (χ4v) is 2.02. The monoisotopic (exact) mass is 295 g/mol. The molecule has 21 heavy (non-hydrogen) atoms. The van der Waals surface area contributed by atoms with Gasteiger partial charge in [0.25, 0.3) is 0 Å². The van der Waals surface area contributed by atoms with Gasteiger partial charge in [-0.1, -0.05) is 32.0 Å². The van der Waals surface area contributed by atoms with Crippen LogP contribution in [-0.4, -0.2) is 0 Å². The lowest BCUT2D eigenvalue weighted by Crippen LogP contribution is -2.06. The minimum Gasteiger partial charge on any atom is -0.457 e. The number of rotatable bonds is 3. The predicted octanol–water partition coefficient (Wildman–Crippen LogP) is 5.20. The van der Waals surface area contributed by atoms with Gasteiger partial charge in [-0.25, -0.2) is 0 Å². The summed E-state index contributed by atoms with van der Waals surface area (Å²) in [5.41, 5.74) is 5.65. The fourth-order valence-electron chi connectivity index (χ4n) is 2.02. The number of hydrogen-bond donors (Lipinski definition) is 1. The average Bonchev–Trinajstić information content (AvgIpc) is 2.37. The largest absolute Gasteiger partial charge is 0.457 e. The van der Waals surface area contributed by atoms with Crippen molar-refractivity contribution in [3.63, 3.8) is 0 Å². The smallest absolute Gasteiger partial charge is 0.416 e. The lowest BCUT2D eigenvalue weighted by molar-refractivity contribution is -0.137. The summed E-state index contributed by atoms with van der Waals surface area (Å²) in [6.07, 6.45) is -4.45. The Morgan fingerprint density at radius 3 is 2.33 bits per heavy atom. The van der Waals surface area contributed by atoms with Crippen LogP contribution in [0.25, 0.3) is 0 Å². The Balaban J connectivity index is 2.39. The maximum Gasteiger partial charge on any atom is 0.416 e. The van der Waals surface area contributed by atoms with E-state index in [2.05, 4.69) is 0 Å². The van der Waals surface area contributed by atoms with Crippen molar-refractivity contribution in [2.24, 2.45) is 0 Å². The van der Waals surface area contributed by atoms with Crippen molar-refractivity contribution in [3.05, 3.63) is 53.6 Å². The molecule has 0 aliphatic heterocycles. The van der Waals surface area contributed by atoms with Crippen LogP contribution in [0.5, 0.6) is 11.5 Å². The predicted molar refractivity (Wildman–Crippen MR) is 76.5 cm³/mol. The third-order valence-corrected chi connectivity index (χ3v) is 3.03. The molecular weight excluding hydrogens is 279 g/mol. The molecule has 0 saturated heterocycles. The Labute approximate surface area is 121 Å². The summed E-state index contributed by atoms with van der Waals surface area (Å²) < 4.78 is 44.0. The summed E-state index contributed by atoms with van der Waals surface area (Å²) in [7, 11) is 0. The molecule has 5 heteroatoms. The van der Waals surface area contributed by atoms with Crippen molar-refractivity contribution >= 4 is 5.69 Å². The summed E-state index contributed by atoms with van der Waals surface area (Å²) in [4.78, 5) is 0. The topological polar surface area (TPSA) is 35.2 Å². The maximum absolute atomic E-state index is 12.8. The van der Waals surface area contributed by atoms with Crippen molar-refractivity contribution in [2.45, 2.75) is 25.9 Å². The number of ether oxygens (including phenoxy) is 1. The van der Waals surface area contributed by atoms with Crippen LogP contribution in [-0.2, 0) is 6.18 Å². The number of alkyl halides is 3. The highest BCUT2D eigenvalue weighted by atomic mass is 19.4. The number of nitrogens with two attached hydrogens (primary N) is 1. The van der Waals surface area contributed by atoms with Crippen LogP contribution < -0.4 is 10.5 Å². The number of anilines is 1. The van der Waals surface area contributed by atoms with Crippen molar-refractivity contribution in [1.82, 2.24) is 0 Å². The molecule has 2 rings (SSSR count). The molecule has 0 amide bonds. The molecule has 0 saturated carbocycles. The van der Waals surface area contributed by atoms with Crippen LogP contribution in [0.4, 0.5) is 18.9 Å². The Morgan fingerprint density at radius 1 is 1.05 bits per heavy atom. The number of nitrogen functional groups attached to an aromatic ring is 1.